The van der Waals surface area contributed by atoms with Gasteiger partial charge < -0.3 is 10.3 Å². The van der Waals surface area contributed by atoms with E-state index in [2.05, 4.69) is 15.5 Å². The van der Waals surface area contributed by atoms with Crippen LogP contribution in [0, 0.1) is 0 Å². The summed E-state index contributed by atoms with van der Waals surface area (Å²) in [6, 6.07) is -0.475. The van der Waals surface area contributed by atoms with Crippen LogP contribution in [0.2, 0.25) is 0 Å². The molecule has 0 unspecified atom stereocenters. The van der Waals surface area contributed by atoms with Crippen LogP contribution in [0.5, 0.6) is 0 Å². The van der Waals surface area contributed by atoms with E-state index in [1.165, 1.54) is 6.33 Å². The van der Waals surface area contributed by atoms with Gasteiger partial charge in [0.2, 0.25) is 11.9 Å². The fourth-order valence-electron chi connectivity index (χ4n) is 1.04. The van der Waals surface area contributed by atoms with Crippen molar-refractivity contribution in [2.45, 2.75) is 25.8 Å². The average molecular weight is 197 g/mol. The molecule has 0 aliphatic carbocycles. The summed E-state index contributed by atoms with van der Waals surface area (Å²) in [6.07, 6.45) is 3.07. The number of nitrogens with one attached hydrogen (secondary N) is 1. The number of amides is 1. The minimum absolute atomic E-state index is 0.219. The number of rotatable bonds is 4. The first-order valence-electron chi connectivity index (χ1n) is 4.55. The predicted molar refractivity (Wildman–Crippen MR) is 52.5 cm³/mol. The van der Waals surface area contributed by atoms with Crippen LogP contribution in [-0.4, -0.2) is 26.7 Å². The van der Waals surface area contributed by atoms with Gasteiger partial charge in [0.1, 0.15) is 6.33 Å². The third-order valence-corrected chi connectivity index (χ3v) is 1.88. The zero-order valence-corrected chi connectivity index (χ0v) is 8.40. The van der Waals surface area contributed by atoms with Crippen molar-refractivity contribution in [1.82, 2.24) is 14.8 Å². The second-order valence-electron chi connectivity index (χ2n) is 3.15. The molecule has 0 saturated carbocycles. The van der Waals surface area contributed by atoms with Crippen LogP contribution in [0.3, 0.4) is 0 Å². The molecular formula is C8H15N5O. The van der Waals surface area contributed by atoms with E-state index in [1.54, 1.807) is 11.6 Å². The van der Waals surface area contributed by atoms with Crippen molar-refractivity contribution in [3.8, 4) is 0 Å². The lowest BCUT2D eigenvalue weighted by atomic mass is 10.2. The van der Waals surface area contributed by atoms with Crippen LogP contribution < -0.4 is 11.1 Å². The van der Waals surface area contributed by atoms with E-state index in [0.29, 0.717) is 12.4 Å². The molecule has 0 spiro atoms. The highest BCUT2D eigenvalue weighted by Crippen LogP contribution is 2.01. The molecule has 78 valence electrons. The van der Waals surface area contributed by atoms with Crippen LogP contribution in [-0.2, 0) is 11.8 Å². The monoisotopic (exact) mass is 197 g/mol. The van der Waals surface area contributed by atoms with E-state index >= 15 is 0 Å². The van der Waals surface area contributed by atoms with E-state index in [9.17, 15) is 4.79 Å². The molecule has 0 fully saturated rings. The smallest absolute Gasteiger partial charge is 0.243 e. The Labute approximate surface area is 82.5 Å². The molecule has 1 aromatic heterocycles. The van der Waals surface area contributed by atoms with Crippen LogP contribution in [0.25, 0.3) is 0 Å². The number of aromatic nitrogens is 3. The summed E-state index contributed by atoms with van der Waals surface area (Å²) in [5, 5.41) is 9.96. The maximum absolute atomic E-state index is 11.4. The number of nitrogens with zero attached hydrogens (tertiary/aromatic N) is 3. The third kappa shape index (κ3) is 2.53. The number of aryl methyl sites for hydroxylation is 1. The molecule has 6 nitrogen and oxygen atoms in total. The molecular weight excluding hydrogens is 182 g/mol. The maximum Gasteiger partial charge on any atom is 0.243 e. The van der Waals surface area contributed by atoms with Gasteiger partial charge in [0.15, 0.2) is 0 Å². The Morgan fingerprint density at radius 3 is 3.00 bits per heavy atom. The lowest BCUT2D eigenvalue weighted by molar-refractivity contribution is -0.117. The molecule has 0 radical (unpaired) electrons. The minimum Gasteiger partial charge on any atom is -0.320 e. The third-order valence-electron chi connectivity index (χ3n) is 1.88. The van der Waals surface area contributed by atoms with Gasteiger partial charge >= 0.3 is 0 Å². The first kappa shape index (κ1) is 10.6. The van der Waals surface area contributed by atoms with Crippen molar-refractivity contribution in [3.63, 3.8) is 0 Å². The lowest BCUT2D eigenvalue weighted by Gasteiger charge is -2.09. The van der Waals surface area contributed by atoms with Crippen LogP contribution in [0.4, 0.5) is 5.95 Å². The SMILES string of the molecule is CCC[C@@H](N)C(=O)Nc1nncn1C. The first-order valence-corrected chi connectivity index (χ1v) is 4.55. The van der Waals surface area contributed by atoms with Crippen molar-refractivity contribution in [2.24, 2.45) is 12.8 Å². The van der Waals surface area contributed by atoms with Gasteiger partial charge in [-0.3, -0.25) is 10.1 Å². The Kier molecular flexibility index (Phi) is 3.58. The molecule has 0 saturated heterocycles. The van der Waals surface area contributed by atoms with Gasteiger partial charge in [-0.1, -0.05) is 13.3 Å². The Morgan fingerprint density at radius 1 is 1.79 bits per heavy atom. The first-order chi connectivity index (χ1) is 6.65. The number of hydrogen-bond acceptors (Lipinski definition) is 4. The second kappa shape index (κ2) is 4.71. The van der Waals surface area contributed by atoms with Crippen LogP contribution in [0.1, 0.15) is 19.8 Å². The van der Waals surface area contributed by atoms with Gasteiger partial charge in [0, 0.05) is 7.05 Å². The fourth-order valence-corrected chi connectivity index (χ4v) is 1.04. The maximum atomic E-state index is 11.4. The van der Waals surface area contributed by atoms with Gasteiger partial charge in [0.25, 0.3) is 0 Å². The quantitative estimate of drug-likeness (QED) is 0.704. The summed E-state index contributed by atoms with van der Waals surface area (Å²) < 4.78 is 1.62. The molecule has 1 aromatic rings. The van der Waals surface area contributed by atoms with E-state index in [1.807, 2.05) is 6.92 Å². The standard InChI is InChI=1S/C8H15N5O/c1-3-4-6(9)7(14)11-8-12-10-5-13(8)2/h5-6H,3-4,9H2,1-2H3,(H,11,12,14)/t6-/m1/s1. The summed E-state index contributed by atoms with van der Waals surface area (Å²) >= 11 is 0. The molecule has 1 heterocycles. The summed E-state index contributed by atoms with van der Waals surface area (Å²) in [4.78, 5) is 11.4. The molecule has 1 atom stereocenters. The number of carbonyl (C=O) groups is 1. The van der Waals surface area contributed by atoms with Gasteiger partial charge in [-0.05, 0) is 6.42 Å². The van der Waals surface area contributed by atoms with Crippen molar-refractivity contribution in [2.75, 3.05) is 5.32 Å². The van der Waals surface area contributed by atoms with Crippen LogP contribution in [0.15, 0.2) is 6.33 Å². The zero-order valence-electron chi connectivity index (χ0n) is 8.40. The summed E-state index contributed by atoms with van der Waals surface area (Å²) in [5.41, 5.74) is 5.62. The largest absolute Gasteiger partial charge is 0.320 e. The van der Waals surface area contributed by atoms with Crippen molar-refractivity contribution < 1.29 is 4.79 Å². The second-order valence-corrected chi connectivity index (χ2v) is 3.15. The van der Waals surface area contributed by atoms with Crippen molar-refractivity contribution in [1.29, 1.82) is 0 Å². The normalized spacial score (nSPS) is 12.5. The molecule has 0 bridgehead atoms. The summed E-state index contributed by atoms with van der Waals surface area (Å²) in [7, 11) is 1.75. The predicted octanol–water partition coefficient (Wildman–Crippen LogP) is -0.119. The Balaban J connectivity index is 2.53. The van der Waals surface area contributed by atoms with Crippen molar-refractivity contribution in [3.05, 3.63) is 6.33 Å². The lowest BCUT2D eigenvalue weighted by Crippen LogP contribution is -2.36. The Hall–Kier alpha value is -1.43. The fraction of sp³-hybridized carbons (Fsp3) is 0.625. The molecule has 14 heavy (non-hydrogen) atoms. The highest BCUT2D eigenvalue weighted by Gasteiger charge is 2.14. The molecule has 3 N–H and O–H groups in total. The number of hydrogen-bond donors (Lipinski definition) is 2. The highest BCUT2D eigenvalue weighted by atomic mass is 16.2. The van der Waals surface area contributed by atoms with E-state index in [-0.39, 0.29) is 5.91 Å². The Bertz CT molecular complexity index is 308. The number of nitrogens with two attached hydrogens (primary N) is 1. The van der Waals surface area contributed by atoms with Gasteiger partial charge in [-0.2, -0.15) is 0 Å². The zero-order chi connectivity index (χ0) is 10.6. The van der Waals surface area contributed by atoms with Crippen molar-refractivity contribution >= 4 is 11.9 Å². The van der Waals surface area contributed by atoms with E-state index < -0.39 is 6.04 Å². The van der Waals surface area contributed by atoms with E-state index in [0.717, 1.165) is 6.42 Å². The number of anilines is 1. The Morgan fingerprint density at radius 2 is 2.50 bits per heavy atom. The summed E-state index contributed by atoms with van der Waals surface area (Å²) in [6.45, 7) is 1.98. The molecule has 0 aliphatic heterocycles. The van der Waals surface area contributed by atoms with Gasteiger partial charge in [-0.25, -0.2) is 0 Å². The van der Waals surface area contributed by atoms with Gasteiger partial charge in [0.05, 0.1) is 6.04 Å². The van der Waals surface area contributed by atoms with Crippen LogP contribution >= 0.6 is 0 Å². The number of carbonyl (C=O) groups excluding carboxylic acids is 1. The summed E-state index contributed by atoms with van der Waals surface area (Å²) in [5.74, 6) is 0.199. The van der Waals surface area contributed by atoms with Gasteiger partial charge in [-0.15, -0.1) is 10.2 Å². The topological polar surface area (TPSA) is 85.8 Å². The molecule has 0 aromatic carbocycles. The molecule has 1 rings (SSSR count). The molecule has 6 heteroatoms. The highest BCUT2D eigenvalue weighted by molar-refractivity contribution is 5.93. The minimum atomic E-state index is -0.475. The average Bonchev–Trinajstić information content (AvgIpc) is 2.52. The molecule has 1 amide bonds. The van der Waals surface area contributed by atoms with E-state index in [4.69, 9.17) is 5.73 Å². The molecule has 0 aliphatic rings.